The van der Waals surface area contributed by atoms with E-state index in [4.69, 9.17) is 14.7 Å². The number of nitrogens with zero attached hydrogens (tertiary/aromatic N) is 2. The van der Waals surface area contributed by atoms with Crippen molar-refractivity contribution in [2.45, 2.75) is 18.8 Å². The summed E-state index contributed by atoms with van der Waals surface area (Å²) in [5, 5.41) is 21.7. The zero-order chi connectivity index (χ0) is 20.8. The summed E-state index contributed by atoms with van der Waals surface area (Å²) in [5.41, 5.74) is 1.76. The van der Waals surface area contributed by atoms with Gasteiger partial charge in [-0.2, -0.15) is 5.26 Å². The maximum Gasteiger partial charge on any atom is 0.256 e. The Hall–Kier alpha value is -3.41. The molecule has 2 amide bonds. The van der Waals surface area contributed by atoms with E-state index in [-0.39, 0.29) is 6.61 Å². The molecule has 0 radical (unpaired) electrons. The number of methoxy groups -OCH3 is 1. The largest absolute Gasteiger partial charge is 0.497 e. The van der Waals surface area contributed by atoms with Crippen LogP contribution in [-0.4, -0.2) is 54.3 Å². The van der Waals surface area contributed by atoms with Crippen molar-refractivity contribution in [1.82, 2.24) is 4.90 Å². The fourth-order valence-electron chi connectivity index (χ4n) is 2.97. The van der Waals surface area contributed by atoms with Crippen LogP contribution in [-0.2, 0) is 20.9 Å². The third kappa shape index (κ3) is 4.90. The van der Waals surface area contributed by atoms with Crippen molar-refractivity contribution in [2.75, 3.05) is 25.6 Å². The van der Waals surface area contributed by atoms with Crippen LogP contribution in [0.25, 0.3) is 0 Å². The number of aliphatic hydroxyl groups excluding tert-OH is 1. The molecule has 2 aromatic carbocycles. The highest BCUT2D eigenvalue weighted by Gasteiger charge is 2.38. The SMILES string of the molecule is COc1ccc(CN2CCO[C@H]([C@@H](O)C(=O)Nc3ccc(C#N)cc3)C2=O)cc1. The second-order valence-electron chi connectivity index (χ2n) is 6.52. The first-order chi connectivity index (χ1) is 14.0. The van der Waals surface area contributed by atoms with Gasteiger partial charge in [0, 0.05) is 18.8 Å². The van der Waals surface area contributed by atoms with Crippen molar-refractivity contribution in [1.29, 1.82) is 5.26 Å². The lowest BCUT2D eigenvalue weighted by molar-refractivity contribution is -0.166. The van der Waals surface area contributed by atoms with Crippen LogP contribution < -0.4 is 10.1 Å². The smallest absolute Gasteiger partial charge is 0.256 e. The maximum atomic E-state index is 12.7. The number of nitrogens with one attached hydrogen (secondary N) is 1. The lowest BCUT2D eigenvalue weighted by Gasteiger charge is -2.34. The van der Waals surface area contributed by atoms with Gasteiger partial charge in [0.1, 0.15) is 5.75 Å². The number of amides is 2. The summed E-state index contributed by atoms with van der Waals surface area (Å²) in [6, 6.07) is 15.5. The average molecular weight is 395 g/mol. The molecule has 3 rings (SSSR count). The highest BCUT2D eigenvalue weighted by atomic mass is 16.5. The van der Waals surface area contributed by atoms with Gasteiger partial charge < -0.3 is 24.8 Å². The number of morpholine rings is 1. The number of hydrogen-bond donors (Lipinski definition) is 2. The fourth-order valence-corrected chi connectivity index (χ4v) is 2.97. The normalized spacial score (nSPS) is 17.3. The minimum Gasteiger partial charge on any atom is -0.497 e. The number of hydrogen-bond acceptors (Lipinski definition) is 6. The van der Waals surface area contributed by atoms with Crippen LogP contribution in [0.2, 0.25) is 0 Å². The van der Waals surface area contributed by atoms with Crippen LogP contribution in [0, 0.1) is 11.3 Å². The molecule has 0 bridgehead atoms. The standard InChI is InChI=1S/C21H21N3O5/c1-28-17-8-4-15(5-9-17)13-24-10-11-29-19(21(24)27)18(25)20(26)23-16-6-2-14(12-22)3-7-16/h2-9,18-19,25H,10-11,13H2,1H3,(H,23,26)/t18-,19-/m1/s1. The van der Waals surface area contributed by atoms with E-state index in [1.807, 2.05) is 18.2 Å². The van der Waals surface area contributed by atoms with Gasteiger partial charge >= 0.3 is 0 Å². The molecule has 8 nitrogen and oxygen atoms in total. The molecule has 1 aliphatic rings. The molecule has 1 saturated heterocycles. The number of aliphatic hydroxyl groups is 1. The summed E-state index contributed by atoms with van der Waals surface area (Å²) in [4.78, 5) is 26.6. The van der Waals surface area contributed by atoms with Crippen LogP contribution in [0.1, 0.15) is 11.1 Å². The summed E-state index contributed by atoms with van der Waals surface area (Å²) < 4.78 is 10.5. The Kier molecular flexibility index (Phi) is 6.44. The van der Waals surface area contributed by atoms with Gasteiger partial charge in [-0.3, -0.25) is 9.59 Å². The van der Waals surface area contributed by atoms with E-state index in [0.29, 0.717) is 24.3 Å². The second kappa shape index (κ2) is 9.19. The Bertz CT molecular complexity index is 905. The Morgan fingerprint density at radius 2 is 2.00 bits per heavy atom. The molecule has 1 fully saturated rings. The average Bonchev–Trinajstić information content (AvgIpc) is 2.75. The Labute approximate surface area is 168 Å². The topological polar surface area (TPSA) is 112 Å². The highest BCUT2D eigenvalue weighted by molar-refractivity contribution is 5.98. The number of anilines is 1. The number of carbonyl (C=O) groups is 2. The predicted molar refractivity (Wildman–Crippen MR) is 104 cm³/mol. The lowest BCUT2D eigenvalue weighted by Crippen LogP contribution is -2.54. The highest BCUT2D eigenvalue weighted by Crippen LogP contribution is 2.18. The van der Waals surface area contributed by atoms with Crippen molar-refractivity contribution < 1.29 is 24.2 Å². The summed E-state index contributed by atoms with van der Waals surface area (Å²) in [6.07, 6.45) is -2.93. The predicted octanol–water partition coefficient (Wildman–Crippen LogP) is 1.29. The minimum atomic E-state index is -1.66. The van der Waals surface area contributed by atoms with E-state index < -0.39 is 24.0 Å². The van der Waals surface area contributed by atoms with Gasteiger partial charge in [0.25, 0.3) is 11.8 Å². The number of rotatable bonds is 6. The van der Waals surface area contributed by atoms with Crippen molar-refractivity contribution in [3.05, 3.63) is 59.7 Å². The van der Waals surface area contributed by atoms with Crippen LogP contribution in [0.4, 0.5) is 5.69 Å². The van der Waals surface area contributed by atoms with Gasteiger partial charge in [-0.1, -0.05) is 12.1 Å². The van der Waals surface area contributed by atoms with E-state index in [1.165, 1.54) is 0 Å². The molecular weight excluding hydrogens is 374 g/mol. The minimum absolute atomic E-state index is 0.216. The zero-order valence-corrected chi connectivity index (χ0v) is 15.9. The van der Waals surface area contributed by atoms with E-state index in [0.717, 1.165) is 11.3 Å². The summed E-state index contributed by atoms with van der Waals surface area (Å²) in [5.74, 6) is -0.483. The van der Waals surface area contributed by atoms with Crippen LogP contribution in [0.3, 0.4) is 0 Å². The molecule has 2 aromatic rings. The zero-order valence-electron chi connectivity index (χ0n) is 15.9. The fraction of sp³-hybridized carbons (Fsp3) is 0.286. The van der Waals surface area contributed by atoms with Gasteiger partial charge in [-0.05, 0) is 42.0 Å². The lowest BCUT2D eigenvalue weighted by atomic mass is 10.1. The molecule has 0 unspecified atom stereocenters. The van der Waals surface area contributed by atoms with Gasteiger partial charge in [0.05, 0.1) is 25.3 Å². The van der Waals surface area contributed by atoms with Crippen LogP contribution in [0.15, 0.2) is 48.5 Å². The van der Waals surface area contributed by atoms with Gasteiger partial charge in [0.15, 0.2) is 12.2 Å². The third-order valence-corrected chi connectivity index (χ3v) is 4.58. The Morgan fingerprint density at radius 1 is 1.31 bits per heavy atom. The molecule has 8 heteroatoms. The summed E-state index contributed by atoms with van der Waals surface area (Å²) in [7, 11) is 1.58. The van der Waals surface area contributed by atoms with E-state index in [9.17, 15) is 14.7 Å². The quantitative estimate of drug-likeness (QED) is 0.762. The van der Waals surface area contributed by atoms with Crippen molar-refractivity contribution >= 4 is 17.5 Å². The van der Waals surface area contributed by atoms with E-state index in [2.05, 4.69) is 5.32 Å². The van der Waals surface area contributed by atoms with E-state index in [1.54, 1.807) is 48.4 Å². The number of nitriles is 1. The molecule has 0 spiro atoms. The van der Waals surface area contributed by atoms with E-state index >= 15 is 0 Å². The number of carbonyl (C=O) groups excluding carboxylic acids is 2. The molecule has 0 saturated carbocycles. The summed E-state index contributed by atoms with van der Waals surface area (Å²) >= 11 is 0. The molecule has 2 atom stereocenters. The first-order valence-electron chi connectivity index (χ1n) is 9.04. The Morgan fingerprint density at radius 3 is 2.62 bits per heavy atom. The third-order valence-electron chi connectivity index (χ3n) is 4.58. The number of benzene rings is 2. The Balaban J connectivity index is 1.63. The molecule has 29 heavy (non-hydrogen) atoms. The van der Waals surface area contributed by atoms with Crippen LogP contribution in [0.5, 0.6) is 5.75 Å². The van der Waals surface area contributed by atoms with Gasteiger partial charge in [-0.25, -0.2) is 0 Å². The summed E-state index contributed by atoms with van der Waals surface area (Å²) in [6.45, 7) is 0.922. The second-order valence-corrected chi connectivity index (χ2v) is 6.52. The first-order valence-corrected chi connectivity index (χ1v) is 9.04. The molecule has 2 N–H and O–H groups in total. The first kappa shape index (κ1) is 20.3. The molecule has 150 valence electrons. The maximum absolute atomic E-state index is 12.7. The monoisotopic (exact) mass is 395 g/mol. The van der Waals surface area contributed by atoms with Gasteiger partial charge in [0.2, 0.25) is 0 Å². The molecule has 0 aliphatic carbocycles. The number of ether oxygens (including phenoxy) is 2. The van der Waals surface area contributed by atoms with Crippen LogP contribution >= 0.6 is 0 Å². The van der Waals surface area contributed by atoms with Crippen molar-refractivity contribution in [2.24, 2.45) is 0 Å². The van der Waals surface area contributed by atoms with Crippen molar-refractivity contribution in [3.8, 4) is 11.8 Å². The van der Waals surface area contributed by atoms with Gasteiger partial charge in [-0.15, -0.1) is 0 Å². The molecular formula is C21H21N3O5. The van der Waals surface area contributed by atoms with Crippen molar-refractivity contribution in [3.63, 3.8) is 0 Å². The molecule has 1 heterocycles. The molecule has 1 aliphatic heterocycles. The molecule has 0 aromatic heterocycles.